The highest BCUT2D eigenvalue weighted by atomic mass is 35.5. The molecule has 1 N–H and O–H groups in total. The summed E-state index contributed by atoms with van der Waals surface area (Å²) in [5, 5.41) is 7.56. The van der Waals surface area contributed by atoms with Crippen LogP contribution >= 0.6 is 34.8 Å². The monoisotopic (exact) mass is 449 g/mol. The third-order valence-electron chi connectivity index (χ3n) is 2.34. The maximum Gasteiger partial charge on any atom is 0.330 e. The Bertz CT molecular complexity index is 306. The molecule has 0 bridgehead atoms. The van der Waals surface area contributed by atoms with Gasteiger partial charge in [-0.25, -0.2) is 4.79 Å². The lowest BCUT2D eigenvalue weighted by atomic mass is 10.5. The second kappa shape index (κ2) is 40.2. The first-order valence-electron chi connectivity index (χ1n) is 8.82. The number of allylic oxidation sites excluding steroid dienone is 1. The molecule has 0 aliphatic heterocycles. The first-order valence-corrected chi connectivity index (χ1v) is 10.3. The Balaban J connectivity index is -0.0000000780. The van der Waals surface area contributed by atoms with Crippen molar-refractivity contribution >= 4 is 46.0 Å². The Morgan fingerprint density at radius 2 is 1.30 bits per heavy atom. The van der Waals surface area contributed by atoms with Crippen molar-refractivity contribution in [2.24, 2.45) is 0 Å². The van der Waals surface area contributed by atoms with Crippen molar-refractivity contribution in [3.8, 4) is 0 Å². The first kappa shape index (κ1) is 37.2. The van der Waals surface area contributed by atoms with E-state index in [1.807, 2.05) is 13.8 Å². The molecule has 0 atom stereocenters. The summed E-state index contributed by atoms with van der Waals surface area (Å²) < 4.78 is 4.58. The molecule has 164 valence electrons. The predicted octanol–water partition coefficient (Wildman–Crippen LogP) is 5.22. The topological polar surface area (TPSA) is 66.8 Å². The first-order chi connectivity index (χ1) is 12.8. The summed E-state index contributed by atoms with van der Waals surface area (Å²) in [6, 6.07) is 0. The van der Waals surface area contributed by atoms with E-state index >= 15 is 0 Å². The molecule has 0 rings (SSSR count). The van der Waals surface area contributed by atoms with Gasteiger partial charge in [-0.1, -0.05) is 47.8 Å². The molecular formula is C19H38Cl3NO4. The van der Waals surface area contributed by atoms with Gasteiger partial charge in [-0.05, 0) is 50.2 Å². The summed E-state index contributed by atoms with van der Waals surface area (Å²) in [7, 11) is 0. The van der Waals surface area contributed by atoms with Gasteiger partial charge in [0.2, 0.25) is 5.24 Å². The molecule has 0 aromatic heterocycles. The summed E-state index contributed by atoms with van der Waals surface area (Å²) in [5.74, 6) is -0.341. The van der Waals surface area contributed by atoms with Gasteiger partial charge in [0.25, 0.3) is 0 Å². The van der Waals surface area contributed by atoms with Crippen molar-refractivity contribution in [3.05, 3.63) is 25.3 Å². The van der Waals surface area contributed by atoms with Crippen molar-refractivity contribution in [1.82, 2.24) is 4.90 Å². The standard InChI is InChI=1S/C6H15N.C6H10O2.C3H3ClO.C3H8O.CH2Cl2/c1-4-7(5-2)6-3;1-3-5-8-6(7)4-2;1-2-3(4)5;1-2-3-4;2-1-3/h4-6H2,1-3H3;4H,2-3,5H2,1H3;2H,1H2;4H,2-3H2,1H3;1H2. The third kappa shape index (κ3) is 67.1. The number of rotatable bonds is 8. The number of hydrogen-bond donors (Lipinski definition) is 1. The van der Waals surface area contributed by atoms with Crippen LogP contribution in [0.15, 0.2) is 25.3 Å². The molecule has 0 spiro atoms. The fraction of sp³-hybridized carbons (Fsp3) is 0.684. The lowest BCUT2D eigenvalue weighted by Crippen LogP contribution is -2.21. The number of ether oxygens (including phenoxy) is 1. The fourth-order valence-electron chi connectivity index (χ4n) is 0.932. The van der Waals surface area contributed by atoms with E-state index in [0.29, 0.717) is 13.2 Å². The van der Waals surface area contributed by atoms with Gasteiger partial charge >= 0.3 is 5.97 Å². The number of alkyl halides is 2. The van der Waals surface area contributed by atoms with Gasteiger partial charge in [0.1, 0.15) is 0 Å². The zero-order valence-electron chi connectivity index (χ0n) is 17.5. The number of esters is 1. The maximum atomic E-state index is 10.2. The normalized spacial score (nSPS) is 8.07. The van der Waals surface area contributed by atoms with E-state index < -0.39 is 5.24 Å². The van der Waals surface area contributed by atoms with Gasteiger partial charge < -0.3 is 14.7 Å². The molecule has 0 aromatic carbocycles. The Hall–Kier alpha value is -0.590. The second-order valence-corrected chi connectivity index (χ2v) is 5.50. The molecule has 5 nitrogen and oxygen atoms in total. The lowest BCUT2D eigenvalue weighted by molar-refractivity contribution is -0.137. The lowest BCUT2D eigenvalue weighted by Gasteiger charge is -2.13. The van der Waals surface area contributed by atoms with Crippen LogP contribution in [0.4, 0.5) is 0 Å². The van der Waals surface area contributed by atoms with Crippen LogP contribution in [0.25, 0.3) is 0 Å². The third-order valence-corrected chi connectivity index (χ3v) is 2.50. The number of halogens is 3. The van der Waals surface area contributed by atoms with Gasteiger partial charge in [-0.2, -0.15) is 0 Å². The van der Waals surface area contributed by atoms with Crippen LogP contribution in [0.1, 0.15) is 47.5 Å². The number of aliphatic hydroxyl groups is 1. The van der Waals surface area contributed by atoms with Crippen molar-refractivity contribution in [2.45, 2.75) is 47.5 Å². The van der Waals surface area contributed by atoms with Crippen molar-refractivity contribution in [3.63, 3.8) is 0 Å². The average Bonchev–Trinajstić information content (AvgIpc) is 2.69. The summed E-state index contributed by atoms with van der Waals surface area (Å²) in [5.41, 5.74) is 0. The SMILES string of the molecule is C=CC(=O)Cl.C=CC(=O)OCCC.CCCO.CCN(CC)CC.ClCCl. The number of carbonyl (C=O) groups excluding carboxylic acids is 2. The molecular weight excluding hydrogens is 413 g/mol. The van der Waals surface area contributed by atoms with E-state index in [1.54, 1.807) is 0 Å². The molecule has 0 aliphatic carbocycles. The van der Waals surface area contributed by atoms with Crippen LogP contribution < -0.4 is 0 Å². The molecule has 0 radical (unpaired) electrons. The molecule has 0 heterocycles. The van der Waals surface area contributed by atoms with Crippen LogP contribution in [0, 0.1) is 0 Å². The largest absolute Gasteiger partial charge is 0.463 e. The predicted molar refractivity (Wildman–Crippen MR) is 120 cm³/mol. The highest BCUT2D eigenvalue weighted by Gasteiger charge is 1.90. The summed E-state index contributed by atoms with van der Waals surface area (Å²) in [6.45, 7) is 21.1. The minimum Gasteiger partial charge on any atom is -0.463 e. The van der Waals surface area contributed by atoms with Crippen molar-refractivity contribution in [1.29, 1.82) is 0 Å². The summed E-state index contributed by atoms with van der Waals surface area (Å²) in [6.07, 6.45) is 3.94. The van der Waals surface area contributed by atoms with Crippen LogP contribution in [0.2, 0.25) is 0 Å². The molecule has 0 fully saturated rings. The Kier molecular flexibility index (Phi) is 55.4. The van der Waals surface area contributed by atoms with E-state index in [1.165, 1.54) is 19.6 Å². The average molecular weight is 451 g/mol. The van der Waals surface area contributed by atoms with Gasteiger partial charge in [0.15, 0.2) is 0 Å². The van der Waals surface area contributed by atoms with Gasteiger partial charge in [-0.3, -0.25) is 4.79 Å². The smallest absolute Gasteiger partial charge is 0.330 e. The summed E-state index contributed by atoms with van der Waals surface area (Å²) in [4.78, 5) is 22.1. The zero-order valence-corrected chi connectivity index (χ0v) is 19.7. The number of carbonyl (C=O) groups is 2. The number of aliphatic hydroxyl groups excluding tert-OH is 1. The van der Waals surface area contributed by atoms with Gasteiger partial charge in [0, 0.05) is 12.7 Å². The van der Waals surface area contributed by atoms with E-state index in [0.717, 1.165) is 25.0 Å². The molecule has 27 heavy (non-hydrogen) atoms. The van der Waals surface area contributed by atoms with Gasteiger partial charge in [-0.15, -0.1) is 23.2 Å². The van der Waals surface area contributed by atoms with Crippen molar-refractivity contribution in [2.75, 3.05) is 38.2 Å². The molecule has 0 saturated carbocycles. The molecule has 8 heteroatoms. The quantitative estimate of drug-likeness (QED) is 0.237. The molecule has 0 saturated heterocycles. The molecule has 0 aliphatic rings. The minimum atomic E-state index is -0.509. The van der Waals surface area contributed by atoms with E-state index in [9.17, 15) is 9.59 Å². The van der Waals surface area contributed by atoms with Crippen molar-refractivity contribution < 1.29 is 19.4 Å². The van der Waals surface area contributed by atoms with E-state index in [2.05, 4.69) is 43.6 Å². The van der Waals surface area contributed by atoms with Gasteiger partial charge in [0.05, 0.1) is 11.9 Å². The maximum absolute atomic E-state index is 10.2. The van der Waals surface area contributed by atoms with Crippen LogP contribution in [0.3, 0.4) is 0 Å². The molecule has 0 unspecified atom stereocenters. The van der Waals surface area contributed by atoms with Crippen LogP contribution in [-0.2, 0) is 14.3 Å². The highest BCUT2D eigenvalue weighted by molar-refractivity contribution is 6.66. The van der Waals surface area contributed by atoms with E-state index in [-0.39, 0.29) is 11.3 Å². The van der Waals surface area contributed by atoms with E-state index in [4.69, 9.17) is 39.9 Å². The molecule has 0 aromatic rings. The van der Waals surface area contributed by atoms with Crippen LogP contribution in [0.5, 0.6) is 0 Å². The zero-order chi connectivity index (χ0) is 22.5. The van der Waals surface area contributed by atoms with Crippen LogP contribution in [-0.4, -0.2) is 59.4 Å². The number of nitrogens with zero attached hydrogens (tertiary/aromatic N) is 1. The summed E-state index contributed by atoms with van der Waals surface area (Å²) >= 11 is 14.2. The Morgan fingerprint density at radius 3 is 1.41 bits per heavy atom. The fourth-order valence-corrected chi connectivity index (χ4v) is 0.932. The highest BCUT2D eigenvalue weighted by Crippen LogP contribution is 1.82. The number of hydrogen-bond acceptors (Lipinski definition) is 5. The second-order valence-electron chi connectivity index (χ2n) is 4.32. The Morgan fingerprint density at radius 1 is 0.963 bits per heavy atom. The molecule has 0 amide bonds. The Labute approximate surface area is 181 Å². The minimum absolute atomic E-state index is 0.194.